The van der Waals surface area contributed by atoms with Crippen LogP contribution in [0.1, 0.15) is 5.56 Å². The van der Waals surface area contributed by atoms with Gasteiger partial charge >= 0.3 is 0 Å². The molecule has 0 saturated carbocycles. The number of hydrogen-bond donors (Lipinski definition) is 2. The number of carbonyl (C=O) groups excluding carboxylic acids is 1. The number of aryl methyl sites for hydroxylation is 1. The predicted octanol–water partition coefficient (Wildman–Crippen LogP) is 2.68. The molecule has 0 aliphatic rings. The molecular formula is C19H15FN6O2S. The van der Waals surface area contributed by atoms with Gasteiger partial charge in [0.05, 0.1) is 16.7 Å². The zero-order chi connectivity index (χ0) is 20.4. The molecule has 8 nitrogen and oxygen atoms in total. The van der Waals surface area contributed by atoms with Crippen molar-refractivity contribution < 1.29 is 9.18 Å². The van der Waals surface area contributed by atoms with Crippen molar-refractivity contribution in [2.75, 3.05) is 11.1 Å². The zero-order valence-corrected chi connectivity index (χ0v) is 16.0. The van der Waals surface area contributed by atoms with Gasteiger partial charge in [-0.1, -0.05) is 30.0 Å². The highest BCUT2D eigenvalue weighted by Crippen LogP contribution is 2.20. The average Bonchev–Trinajstić information content (AvgIpc) is 3.23. The quantitative estimate of drug-likeness (QED) is 0.387. The number of amides is 1. The van der Waals surface area contributed by atoms with E-state index in [1.165, 1.54) is 17.0 Å². The van der Waals surface area contributed by atoms with E-state index in [0.717, 1.165) is 11.8 Å². The third-order valence-electron chi connectivity index (χ3n) is 4.15. The first kappa shape index (κ1) is 18.8. The van der Waals surface area contributed by atoms with Gasteiger partial charge in [-0.3, -0.25) is 9.59 Å². The summed E-state index contributed by atoms with van der Waals surface area (Å²) >= 11 is 1.07. The number of para-hydroxylation sites is 1. The van der Waals surface area contributed by atoms with Crippen LogP contribution in [0.25, 0.3) is 16.9 Å². The smallest absolute Gasteiger partial charge is 0.269 e. The fraction of sp³-hybridized carbons (Fsp3) is 0.105. The molecule has 146 valence electrons. The number of H-pyrrole nitrogens is 1. The summed E-state index contributed by atoms with van der Waals surface area (Å²) in [5, 5.41) is 9.77. The average molecular weight is 410 g/mol. The van der Waals surface area contributed by atoms with Crippen LogP contribution >= 0.6 is 11.8 Å². The highest BCUT2D eigenvalue weighted by atomic mass is 32.2. The molecule has 29 heavy (non-hydrogen) atoms. The Bertz CT molecular complexity index is 1260. The minimum absolute atomic E-state index is 0.0333. The van der Waals surface area contributed by atoms with Crippen molar-refractivity contribution in [2.24, 2.45) is 0 Å². The first-order valence-electron chi connectivity index (χ1n) is 8.59. The highest BCUT2D eigenvalue weighted by Gasteiger charge is 2.16. The fourth-order valence-corrected chi connectivity index (χ4v) is 3.49. The molecule has 0 bridgehead atoms. The van der Waals surface area contributed by atoms with Crippen LogP contribution in [0.4, 0.5) is 10.1 Å². The van der Waals surface area contributed by atoms with Crippen LogP contribution in [-0.2, 0) is 4.79 Å². The Hall–Kier alpha value is -3.53. The van der Waals surface area contributed by atoms with Gasteiger partial charge in [0.25, 0.3) is 5.56 Å². The maximum Gasteiger partial charge on any atom is 0.269 e. The normalized spacial score (nSPS) is 11.0. The minimum atomic E-state index is -0.397. The Morgan fingerprint density at radius 1 is 1.28 bits per heavy atom. The first-order valence-corrected chi connectivity index (χ1v) is 9.58. The van der Waals surface area contributed by atoms with Crippen LogP contribution in [0.3, 0.4) is 0 Å². The van der Waals surface area contributed by atoms with Crippen LogP contribution in [0.15, 0.2) is 58.7 Å². The molecule has 4 rings (SSSR count). The molecule has 2 heterocycles. The molecular weight excluding hydrogens is 395 g/mol. The second-order valence-electron chi connectivity index (χ2n) is 6.16. The van der Waals surface area contributed by atoms with Crippen molar-refractivity contribution >= 4 is 34.3 Å². The number of carbonyl (C=O) groups is 1. The number of nitrogens with one attached hydrogen (secondary N) is 2. The van der Waals surface area contributed by atoms with E-state index in [2.05, 4.69) is 25.5 Å². The van der Waals surface area contributed by atoms with Crippen molar-refractivity contribution in [2.45, 2.75) is 12.1 Å². The van der Waals surface area contributed by atoms with Crippen molar-refractivity contribution in [3.63, 3.8) is 0 Å². The topological polar surface area (TPSA) is 106 Å². The summed E-state index contributed by atoms with van der Waals surface area (Å²) < 4.78 is 14.9. The van der Waals surface area contributed by atoms with Crippen molar-refractivity contribution in [3.05, 3.63) is 70.5 Å². The molecule has 0 spiro atoms. The lowest BCUT2D eigenvalue weighted by Crippen LogP contribution is -2.23. The number of thioether (sulfide) groups is 1. The number of rotatable bonds is 5. The van der Waals surface area contributed by atoms with Gasteiger partial charge in [0, 0.05) is 5.69 Å². The molecule has 2 aromatic heterocycles. The standard InChI is InChI=1S/C19H15FN6O2S/c1-11-6-7-12(8-14(11)20)23-16(27)9-29-19-24-15-5-3-2-4-13(15)17(28)26(19)18-21-10-22-25-18/h2-8,10H,9H2,1H3,(H,23,27)(H,21,22,25). The van der Waals surface area contributed by atoms with E-state index in [9.17, 15) is 14.0 Å². The molecule has 0 aliphatic carbocycles. The zero-order valence-electron chi connectivity index (χ0n) is 15.2. The molecule has 0 saturated heterocycles. The maximum atomic E-state index is 13.7. The van der Waals surface area contributed by atoms with Gasteiger partial charge in [-0.05, 0) is 36.8 Å². The van der Waals surface area contributed by atoms with Gasteiger partial charge in [-0.25, -0.2) is 19.0 Å². The molecule has 1 amide bonds. The third-order valence-corrected chi connectivity index (χ3v) is 5.09. The van der Waals surface area contributed by atoms with Crippen molar-refractivity contribution in [3.8, 4) is 5.95 Å². The number of halogens is 1. The second-order valence-corrected chi connectivity index (χ2v) is 7.10. The molecule has 0 fully saturated rings. The predicted molar refractivity (Wildman–Crippen MR) is 108 cm³/mol. The van der Waals surface area contributed by atoms with E-state index < -0.39 is 5.82 Å². The third kappa shape index (κ3) is 3.87. The molecule has 2 aromatic carbocycles. The molecule has 0 aliphatic heterocycles. The molecule has 2 N–H and O–H groups in total. The summed E-state index contributed by atoms with van der Waals surface area (Å²) in [6, 6.07) is 11.4. The number of anilines is 1. The van der Waals surface area contributed by atoms with Crippen molar-refractivity contribution in [1.29, 1.82) is 0 Å². The van der Waals surface area contributed by atoms with E-state index in [1.54, 1.807) is 43.3 Å². The summed E-state index contributed by atoms with van der Waals surface area (Å²) in [4.78, 5) is 33.8. The Labute approximate surface area is 168 Å². The Morgan fingerprint density at radius 2 is 2.10 bits per heavy atom. The van der Waals surface area contributed by atoms with E-state index in [4.69, 9.17) is 0 Å². The lowest BCUT2D eigenvalue weighted by molar-refractivity contribution is -0.113. The monoisotopic (exact) mass is 410 g/mol. The van der Waals surface area contributed by atoms with E-state index in [1.807, 2.05) is 0 Å². The number of hydrogen-bond acceptors (Lipinski definition) is 6. The van der Waals surface area contributed by atoms with E-state index in [0.29, 0.717) is 22.2 Å². The summed E-state index contributed by atoms with van der Waals surface area (Å²) in [5.41, 5.74) is 1.04. The molecule has 0 atom stereocenters. The second kappa shape index (κ2) is 7.84. The Balaban J connectivity index is 1.61. The van der Waals surface area contributed by atoms with Gasteiger partial charge in [0.15, 0.2) is 5.16 Å². The van der Waals surface area contributed by atoms with Crippen LogP contribution in [0.2, 0.25) is 0 Å². The Kier molecular flexibility index (Phi) is 5.09. The van der Waals surface area contributed by atoms with E-state index >= 15 is 0 Å². The van der Waals surface area contributed by atoms with E-state index in [-0.39, 0.29) is 28.3 Å². The molecule has 0 radical (unpaired) electrons. The number of aromatic amines is 1. The lowest BCUT2D eigenvalue weighted by atomic mass is 10.2. The highest BCUT2D eigenvalue weighted by molar-refractivity contribution is 7.99. The fourth-order valence-electron chi connectivity index (χ4n) is 2.70. The Morgan fingerprint density at radius 3 is 2.86 bits per heavy atom. The van der Waals surface area contributed by atoms with Gasteiger partial charge in [-0.15, -0.1) is 0 Å². The molecule has 4 aromatic rings. The number of benzene rings is 2. The van der Waals surface area contributed by atoms with Gasteiger partial charge in [0.1, 0.15) is 12.1 Å². The lowest BCUT2D eigenvalue weighted by Gasteiger charge is -2.11. The number of fused-ring (bicyclic) bond motifs is 1. The van der Waals surface area contributed by atoms with Crippen LogP contribution in [0.5, 0.6) is 0 Å². The summed E-state index contributed by atoms with van der Waals surface area (Å²) in [7, 11) is 0. The summed E-state index contributed by atoms with van der Waals surface area (Å²) in [6.45, 7) is 1.64. The number of aromatic nitrogens is 5. The molecule has 0 unspecified atom stereocenters. The van der Waals surface area contributed by atoms with Crippen LogP contribution in [-0.4, -0.2) is 36.4 Å². The first-order chi connectivity index (χ1) is 14.0. The van der Waals surface area contributed by atoms with Crippen LogP contribution < -0.4 is 10.9 Å². The van der Waals surface area contributed by atoms with Gasteiger partial charge in [0.2, 0.25) is 11.9 Å². The largest absolute Gasteiger partial charge is 0.325 e. The summed E-state index contributed by atoms with van der Waals surface area (Å²) in [5.74, 6) is -0.582. The van der Waals surface area contributed by atoms with Gasteiger partial charge in [-0.2, -0.15) is 10.1 Å². The van der Waals surface area contributed by atoms with Crippen LogP contribution in [0, 0.1) is 12.7 Å². The SMILES string of the molecule is Cc1ccc(NC(=O)CSc2nc3ccccc3c(=O)n2-c2ncn[nH]2)cc1F. The summed E-state index contributed by atoms with van der Waals surface area (Å²) in [6.07, 6.45) is 1.28. The maximum absolute atomic E-state index is 13.7. The number of nitrogens with zero attached hydrogens (tertiary/aromatic N) is 4. The van der Waals surface area contributed by atoms with Gasteiger partial charge < -0.3 is 5.32 Å². The minimum Gasteiger partial charge on any atom is -0.325 e. The van der Waals surface area contributed by atoms with Crippen molar-refractivity contribution in [1.82, 2.24) is 24.7 Å². The molecule has 10 heteroatoms.